The molecule has 1 fully saturated rings. The first-order chi connectivity index (χ1) is 17.2. The maximum atomic E-state index is 15.0. The van der Waals surface area contributed by atoms with Crippen molar-refractivity contribution >= 4 is 17.5 Å². The quantitative estimate of drug-likeness (QED) is 0.474. The number of nitrogens with one attached hydrogen (secondary N) is 1. The molecular weight excluding hydrogens is 488 g/mol. The molecule has 1 saturated heterocycles. The highest BCUT2D eigenvalue weighted by Gasteiger charge is 2.46. The first-order valence-electron chi connectivity index (χ1n) is 10.4. The minimum Gasteiger partial charge on any atom is -0.497 e. The highest BCUT2D eigenvalue weighted by molar-refractivity contribution is 6.05. The van der Waals surface area contributed by atoms with Crippen molar-refractivity contribution in [3.8, 4) is 17.4 Å². The van der Waals surface area contributed by atoms with E-state index in [0.29, 0.717) is 0 Å². The van der Waals surface area contributed by atoms with Gasteiger partial charge < -0.3 is 24.8 Å². The van der Waals surface area contributed by atoms with Crippen molar-refractivity contribution < 1.29 is 41.7 Å². The molecular formula is C23H18F4N4O5. The van der Waals surface area contributed by atoms with E-state index in [1.165, 1.54) is 19.2 Å². The number of methoxy groups -OCH3 is 1. The predicted octanol–water partition coefficient (Wildman–Crippen LogP) is 3.00. The minimum atomic E-state index is -3.06. The average molecular weight is 506 g/mol. The Morgan fingerprint density at radius 2 is 1.83 bits per heavy atom. The summed E-state index contributed by atoms with van der Waals surface area (Å²) in [5.74, 6) is -5.67. The van der Waals surface area contributed by atoms with Gasteiger partial charge in [0.1, 0.15) is 41.2 Å². The molecule has 9 nitrogen and oxygen atoms in total. The zero-order chi connectivity index (χ0) is 26.0. The van der Waals surface area contributed by atoms with E-state index in [4.69, 9.17) is 4.74 Å². The zero-order valence-corrected chi connectivity index (χ0v) is 18.5. The second kappa shape index (κ2) is 10.1. The van der Waals surface area contributed by atoms with E-state index < -0.39 is 53.5 Å². The van der Waals surface area contributed by atoms with E-state index in [9.17, 15) is 32.3 Å². The monoisotopic (exact) mass is 506 g/mol. The molecule has 0 radical (unpaired) electrons. The van der Waals surface area contributed by atoms with Crippen molar-refractivity contribution in [3.63, 3.8) is 0 Å². The Kier molecular flexibility index (Phi) is 6.90. The van der Waals surface area contributed by atoms with Crippen LogP contribution in [0.25, 0.3) is 0 Å². The SMILES string of the molecule is COc1cc(F)c([C@@H]2CN(c3cncnc3O)C(=O)C2NC(=O)c2ccc(OC(F)F)cc2)c(F)c1. The van der Waals surface area contributed by atoms with Gasteiger partial charge in [-0.25, -0.2) is 18.7 Å². The fraction of sp³-hybridized carbons (Fsp3) is 0.217. The number of halogens is 4. The number of rotatable bonds is 7. The van der Waals surface area contributed by atoms with Crippen LogP contribution >= 0.6 is 0 Å². The van der Waals surface area contributed by atoms with E-state index in [2.05, 4.69) is 20.0 Å². The van der Waals surface area contributed by atoms with E-state index in [1.807, 2.05) is 0 Å². The molecule has 2 heterocycles. The summed E-state index contributed by atoms with van der Waals surface area (Å²) < 4.78 is 63.8. The molecule has 0 aliphatic carbocycles. The van der Waals surface area contributed by atoms with Crippen LogP contribution < -0.4 is 19.7 Å². The average Bonchev–Trinajstić information content (AvgIpc) is 3.14. The summed E-state index contributed by atoms with van der Waals surface area (Å²) in [5.41, 5.74) is -0.621. The Bertz CT molecular complexity index is 1270. The number of carbonyl (C=O) groups is 2. The van der Waals surface area contributed by atoms with Gasteiger partial charge in [0.25, 0.3) is 5.91 Å². The smallest absolute Gasteiger partial charge is 0.387 e. The van der Waals surface area contributed by atoms with Crippen molar-refractivity contribution in [2.24, 2.45) is 0 Å². The number of carbonyl (C=O) groups excluding carboxylic acids is 2. The second-order valence-electron chi connectivity index (χ2n) is 7.65. The van der Waals surface area contributed by atoms with Crippen LogP contribution in [0.2, 0.25) is 0 Å². The highest BCUT2D eigenvalue weighted by Crippen LogP contribution is 2.38. The number of aromatic nitrogens is 2. The van der Waals surface area contributed by atoms with Crippen molar-refractivity contribution in [1.82, 2.24) is 15.3 Å². The van der Waals surface area contributed by atoms with Crippen molar-refractivity contribution in [2.75, 3.05) is 18.6 Å². The van der Waals surface area contributed by atoms with Crippen LogP contribution in [-0.4, -0.2) is 53.2 Å². The number of amides is 2. The number of benzene rings is 2. The van der Waals surface area contributed by atoms with Gasteiger partial charge in [0.15, 0.2) is 0 Å². The van der Waals surface area contributed by atoms with Gasteiger partial charge in [-0.05, 0) is 24.3 Å². The van der Waals surface area contributed by atoms with Crippen LogP contribution in [0.15, 0.2) is 48.9 Å². The largest absolute Gasteiger partial charge is 0.497 e. The van der Waals surface area contributed by atoms with E-state index >= 15 is 0 Å². The molecule has 1 unspecified atom stereocenters. The van der Waals surface area contributed by atoms with Crippen LogP contribution in [0.5, 0.6) is 17.4 Å². The van der Waals surface area contributed by atoms with Gasteiger partial charge in [-0.2, -0.15) is 8.78 Å². The molecule has 2 N–H and O–H groups in total. The number of nitrogens with zero attached hydrogens (tertiary/aromatic N) is 3. The van der Waals surface area contributed by atoms with Gasteiger partial charge in [-0.1, -0.05) is 0 Å². The van der Waals surface area contributed by atoms with E-state index in [1.54, 1.807) is 0 Å². The standard InChI is InChI=1S/C23H18F4N4O5/c1-35-13-6-15(24)18(16(25)7-13)14-9-31(17-8-28-10-29-21(17)33)22(34)19(14)30-20(32)11-2-4-12(5-3-11)36-23(26)27/h2-8,10,14,19,23H,9H2,1H3,(H,30,32)(H,28,29,33)/t14-,19?/m0/s1. The lowest BCUT2D eigenvalue weighted by Gasteiger charge is -2.20. The molecule has 188 valence electrons. The molecule has 13 heteroatoms. The van der Waals surface area contributed by atoms with Gasteiger partial charge in [0.05, 0.1) is 13.3 Å². The minimum absolute atomic E-state index is 0.0248. The zero-order valence-electron chi connectivity index (χ0n) is 18.5. The number of anilines is 1. The number of hydrogen-bond donors (Lipinski definition) is 2. The number of alkyl halides is 2. The lowest BCUT2D eigenvalue weighted by molar-refractivity contribution is -0.118. The number of hydrogen-bond acceptors (Lipinski definition) is 7. The molecule has 36 heavy (non-hydrogen) atoms. The normalized spacial score (nSPS) is 17.4. The molecule has 2 aromatic carbocycles. The lowest BCUT2D eigenvalue weighted by atomic mass is 9.92. The molecule has 1 aromatic heterocycles. The van der Waals surface area contributed by atoms with Crippen LogP contribution in [0.1, 0.15) is 21.8 Å². The fourth-order valence-corrected chi connectivity index (χ4v) is 3.92. The topological polar surface area (TPSA) is 114 Å². The maximum absolute atomic E-state index is 15.0. The summed E-state index contributed by atoms with van der Waals surface area (Å²) in [6.45, 7) is -3.38. The van der Waals surface area contributed by atoms with Crippen LogP contribution in [0, 0.1) is 11.6 Å². The lowest BCUT2D eigenvalue weighted by Crippen LogP contribution is -2.44. The molecule has 3 aromatic rings. The highest BCUT2D eigenvalue weighted by atomic mass is 19.3. The number of ether oxygens (including phenoxy) is 2. The van der Waals surface area contributed by atoms with Gasteiger partial charge in [0.2, 0.25) is 11.8 Å². The van der Waals surface area contributed by atoms with Gasteiger partial charge in [-0.3, -0.25) is 9.59 Å². The Balaban J connectivity index is 1.69. The molecule has 0 bridgehead atoms. The molecule has 2 atom stereocenters. The summed E-state index contributed by atoms with van der Waals surface area (Å²) in [7, 11) is 1.23. The summed E-state index contributed by atoms with van der Waals surface area (Å²) in [5, 5.41) is 12.5. The maximum Gasteiger partial charge on any atom is 0.387 e. The molecule has 0 saturated carbocycles. The molecule has 4 rings (SSSR count). The second-order valence-corrected chi connectivity index (χ2v) is 7.65. The van der Waals surface area contributed by atoms with E-state index in [-0.39, 0.29) is 29.3 Å². The Morgan fingerprint density at radius 3 is 2.42 bits per heavy atom. The third kappa shape index (κ3) is 4.85. The van der Waals surface area contributed by atoms with Crippen molar-refractivity contribution in [3.05, 3.63) is 71.7 Å². The summed E-state index contributed by atoms with van der Waals surface area (Å²) in [6.07, 6.45) is 2.18. The Morgan fingerprint density at radius 1 is 1.17 bits per heavy atom. The van der Waals surface area contributed by atoms with Crippen LogP contribution in [-0.2, 0) is 4.79 Å². The fourth-order valence-electron chi connectivity index (χ4n) is 3.92. The van der Waals surface area contributed by atoms with Gasteiger partial charge >= 0.3 is 6.61 Å². The van der Waals surface area contributed by atoms with Crippen LogP contribution in [0.4, 0.5) is 23.2 Å². The molecule has 2 amide bonds. The van der Waals surface area contributed by atoms with E-state index in [0.717, 1.165) is 41.7 Å². The summed E-state index contributed by atoms with van der Waals surface area (Å²) in [4.78, 5) is 34.6. The third-order valence-electron chi connectivity index (χ3n) is 5.56. The predicted molar refractivity (Wildman–Crippen MR) is 116 cm³/mol. The molecule has 1 aliphatic heterocycles. The number of aromatic hydroxyl groups is 1. The van der Waals surface area contributed by atoms with Gasteiger partial charge in [-0.15, -0.1) is 0 Å². The first-order valence-corrected chi connectivity index (χ1v) is 10.4. The van der Waals surface area contributed by atoms with Crippen molar-refractivity contribution in [1.29, 1.82) is 0 Å². The van der Waals surface area contributed by atoms with Crippen molar-refractivity contribution in [2.45, 2.75) is 18.6 Å². The Hall–Kier alpha value is -4.42. The molecule has 1 aliphatic rings. The molecule has 0 spiro atoms. The van der Waals surface area contributed by atoms with Crippen LogP contribution in [0.3, 0.4) is 0 Å². The Labute approximate surface area is 201 Å². The first kappa shape index (κ1) is 24.7. The summed E-state index contributed by atoms with van der Waals surface area (Å²) in [6, 6.07) is 5.04. The van der Waals surface area contributed by atoms with Gasteiger partial charge in [0, 0.05) is 35.7 Å². The summed E-state index contributed by atoms with van der Waals surface area (Å²) >= 11 is 0. The third-order valence-corrected chi connectivity index (χ3v) is 5.56.